The predicted molar refractivity (Wildman–Crippen MR) is 161 cm³/mol. The highest BCUT2D eigenvalue weighted by atomic mass is 35.5. The van der Waals surface area contributed by atoms with Crippen molar-refractivity contribution >= 4 is 52.7 Å². The summed E-state index contributed by atoms with van der Waals surface area (Å²) < 4.78 is 5.19. The monoisotopic (exact) mass is 625 g/mol. The van der Waals surface area contributed by atoms with Crippen LogP contribution >= 0.6 is 23.2 Å². The van der Waals surface area contributed by atoms with E-state index in [0.29, 0.717) is 44.6 Å². The van der Waals surface area contributed by atoms with Crippen molar-refractivity contribution < 1.29 is 23.9 Å². The van der Waals surface area contributed by atoms with E-state index in [-0.39, 0.29) is 53.2 Å². The summed E-state index contributed by atoms with van der Waals surface area (Å²) in [5.41, 5.74) is 0.679. The van der Waals surface area contributed by atoms with Gasteiger partial charge in [0, 0.05) is 55.2 Å². The van der Waals surface area contributed by atoms with E-state index in [9.17, 15) is 24.4 Å². The first-order valence-electron chi connectivity index (χ1n) is 14.3. The minimum absolute atomic E-state index is 0.0536. The fraction of sp³-hybridized carbons (Fsp3) is 0.452. The highest BCUT2D eigenvalue weighted by Gasteiger charge is 2.56. The number of likely N-dealkylation sites (N-methyl/N-ethyl adjacent to an activating group) is 1. The average molecular weight is 627 g/mol. The van der Waals surface area contributed by atoms with Crippen molar-refractivity contribution in [2.75, 3.05) is 57.8 Å². The normalized spacial score (nSPS) is 24.4. The summed E-state index contributed by atoms with van der Waals surface area (Å²) in [6, 6.07) is 13.2. The summed E-state index contributed by atoms with van der Waals surface area (Å²) in [4.78, 5) is 60.2. The van der Waals surface area contributed by atoms with Crippen LogP contribution in [0.4, 0.5) is 10.5 Å². The summed E-state index contributed by atoms with van der Waals surface area (Å²) in [5.74, 6) is -1.90. The van der Waals surface area contributed by atoms with Crippen LogP contribution < -0.4 is 4.90 Å². The number of hydrogen-bond donors (Lipinski definition) is 0. The molecule has 3 aliphatic heterocycles. The molecule has 3 fully saturated rings. The number of anilines is 1. The van der Waals surface area contributed by atoms with Crippen molar-refractivity contribution in [2.45, 2.75) is 25.2 Å². The van der Waals surface area contributed by atoms with Crippen molar-refractivity contribution in [2.24, 2.45) is 11.8 Å². The van der Waals surface area contributed by atoms with Gasteiger partial charge in [-0.3, -0.25) is 19.3 Å². The van der Waals surface area contributed by atoms with E-state index in [1.165, 1.54) is 23.1 Å². The number of benzene rings is 2. The maximum atomic E-state index is 14.4. The Kier molecular flexibility index (Phi) is 8.97. The van der Waals surface area contributed by atoms with E-state index in [1.54, 1.807) is 31.0 Å². The fourth-order valence-corrected chi connectivity index (χ4v) is 7.14. The molecule has 0 bridgehead atoms. The molecule has 0 aromatic heterocycles. The first kappa shape index (κ1) is 30.8. The topological polar surface area (TPSA) is 114 Å². The smallest absolute Gasteiger partial charge is 0.331 e. The number of carbonyl (C=O) groups excluding carboxylic acids is 4. The third-order valence-electron chi connectivity index (χ3n) is 8.62. The van der Waals surface area contributed by atoms with Crippen molar-refractivity contribution in [3.05, 3.63) is 63.6 Å². The highest BCUT2D eigenvalue weighted by molar-refractivity contribution is 6.35. The lowest BCUT2D eigenvalue weighted by molar-refractivity contribution is -0.151. The quantitative estimate of drug-likeness (QED) is 0.447. The molecule has 0 aliphatic carbocycles. The minimum atomic E-state index is -0.859. The number of nitrogens with zero attached hydrogens (tertiary/aromatic N) is 5. The van der Waals surface area contributed by atoms with Gasteiger partial charge in [-0.1, -0.05) is 35.3 Å². The Bertz CT molecular complexity index is 1460. The van der Waals surface area contributed by atoms with Gasteiger partial charge in [-0.2, -0.15) is 5.26 Å². The van der Waals surface area contributed by atoms with Gasteiger partial charge >= 0.3 is 12.0 Å². The molecule has 2 aromatic rings. The number of piperidine rings is 1. The van der Waals surface area contributed by atoms with Gasteiger partial charge in [0.1, 0.15) is 0 Å². The van der Waals surface area contributed by atoms with E-state index >= 15 is 0 Å². The molecule has 12 heteroatoms. The third kappa shape index (κ3) is 6.07. The molecule has 5 rings (SSSR count). The van der Waals surface area contributed by atoms with Crippen molar-refractivity contribution in [3.63, 3.8) is 0 Å². The molecular weight excluding hydrogens is 593 g/mol. The predicted octanol–water partition coefficient (Wildman–Crippen LogP) is 3.93. The molecule has 4 amide bonds. The lowest BCUT2D eigenvalue weighted by Crippen LogP contribution is -2.48. The highest BCUT2D eigenvalue weighted by Crippen LogP contribution is 2.44. The van der Waals surface area contributed by atoms with Gasteiger partial charge in [0.05, 0.1) is 42.3 Å². The fourth-order valence-electron chi connectivity index (χ4n) is 6.63. The molecule has 10 nitrogen and oxygen atoms in total. The Labute approximate surface area is 260 Å². The molecule has 0 radical (unpaired) electrons. The van der Waals surface area contributed by atoms with Crippen LogP contribution in [0.1, 0.15) is 30.9 Å². The second-order valence-electron chi connectivity index (χ2n) is 11.4. The van der Waals surface area contributed by atoms with Crippen LogP contribution in [0.5, 0.6) is 0 Å². The second-order valence-corrected chi connectivity index (χ2v) is 12.3. The molecule has 2 aromatic carbocycles. The number of likely N-dealkylation sites (tertiary alicyclic amines) is 2. The molecule has 43 heavy (non-hydrogen) atoms. The van der Waals surface area contributed by atoms with E-state index in [1.807, 2.05) is 17.0 Å². The average Bonchev–Trinajstić information content (AvgIpc) is 3.32. The molecule has 226 valence electrons. The summed E-state index contributed by atoms with van der Waals surface area (Å²) in [6.45, 7) is 3.72. The number of ether oxygens (including phenoxy) is 1. The van der Waals surface area contributed by atoms with Crippen molar-refractivity contribution in [1.29, 1.82) is 5.26 Å². The number of amides is 4. The van der Waals surface area contributed by atoms with E-state index in [4.69, 9.17) is 27.9 Å². The minimum Gasteiger partial charge on any atom is -0.466 e. The molecular formula is C31H33Cl2N5O5. The molecule has 3 heterocycles. The standard InChI is InChI=1S/C31H33Cl2N5O5/c1-3-43-29(41)21-5-4-10-37(15-21)27(39)17-36-16-26-28(40)38(25-12-23(32)11-24(33)13-25)30(42)35(2)18-31(26,19-36)22-8-6-20(14-34)7-9-22/h6-9,11-13,21,26H,3-5,10,15-19H2,1-2H3/t21?,26-,31-/m0/s1. The van der Waals surface area contributed by atoms with Crippen molar-refractivity contribution in [1.82, 2.24) is 14.7 Å². The number of hydrogen-bond acceptors (Lipinski definition) is 7. The zero-order valence-electron chi connectivity index (χ0n) is 24.1. The van der Waals surface area contributed by atoms with E-state index in [0.717, 1.165) is 10.5 Å². The van der Waals surface area contributed by atoms with Gasteiger partial charge in [0.25, 0.3) is 0 Å². The number of urea groups is 1. The van der Waals surface area contributed by atoms with Gasteiger partial charge in [0.2, 0.25) is 11.8 Å². The zero-order valence-corrected chi connectivity index (χ0v) is 25.6. The number of carbonyl (C=O) groups is 4. The van der Waals surface area contributed by atoms with Crippen LogP contribution in [0.25, 0.3) is 0 Å². The van der Waals surface area contributed by atoms with Crippen molar-refractivity contribution in [3.8, 4) is 6.07 Å². The Hall–Kier alpha value is -3.65. The Morgan fingerprint density at radius 2 is 1.77 bits per heavy atom. The molecule has 0 N–H and O–H groups in total. The number of fused-ring (bicyclic) bond motifs is 1. The van der Waals surface area contributed by atoms with Gasteiger partial charge in [-0.25, -0.2) is 9.69 Å². The molecule has 0 spiro atoms. The maximum absolute atomic E-state index is 14.4. The third-order valence-corrected chi connectivity index (χ3v) is 9.05. The van der Waals surface area contributed by atoms with Crippen LogP contribution in [0, 0.1) is 23.2 Å². The van der Waals surface area contributed by atoms with Crippen LogP contribution in [-0.4, -0.2) is 91.4 Å². The number of halogens is 2. The summed E-state index contributed by atoms with van der Waals surface area (Å²) in [7, 11) is 1.64. The van der Waals surface area contributed by atoms with Gasteiger partial charge in [-0.15, -0.1) is 0 Å². The lowest BCUT2D eigenvalue weighted by atomic mass is 9.71. The zero-order chi connectivity index (χ0) is 30.9. The van der Waals surface area contributed by atoms with Crippen LogP contribution in [0.15, 0.2) is 42.5 Å². The molecule has 1 unspecified atom stereocenters. The molecule has 0 saturated carbocycles. The van der Waals surface area contributed by atoms with Crippen LogP contribution in [-0.2, 0) is 24.5 Å². The number of rotatable bonds is 6. The first-order valence-corrected chi connectivity index (χ1v) is 15.0. The molecule has 3 atom stereocenters. The molecule has 3 saturated heterocycles. The number of esters is 1. The first-order chi connectivity index (χ1) is 20.6. The number of imide groups is 1. The Morgan fingerprint density at radius 1 is 1.07 bits per heavy atom. The van der Waals surface area contributed by atoms with E-state index in [2.05, 4.69) is 6.07 Å². The number of nitriles is 1. The summed E-state index contributed by atoms with van der Waals surface area (Å²) in [6.07, 6.45) is 1.38. The van der Waals surface area contributed by atoms with Crippen LogP contribution in [0.3, 0.4) is 0 Å². The Balaban J connectivity index is 1.47. The van der Waals surface area contributed by atoms with E-state index < -0.39 is 23.3 Å². The second kappa shape index (κ2) is 12.5. The lowest BCUT2D eigenvalue weighted by Gasteiger charge is -2.35. The Morgan fingerprint density at radius 3 is 2.42 bits per heavy atom. The van der Waals surface area contributed by atoms with Gasteiger partial charge in [-0.05, 0) is 55.7 Å². The van der Waals surface area contributed by atoms with Gasteiger partial charge < -0.3 is 14.5 Å². The maximum Gasteiger partial charge on any atom is 0.331 e. The summed E-state index contributed by atoms with van der Waals surface area (Å²) in [5, 5.41) is 9.95. The van der Waals surface area contributed by atoms with Crippen LogP contribution in [0.2, 0.25) is 10.0 Å². The summed E-state index contributed by atoms with van der Waals surface area (Å²) >= 11 is 12.5. The van der Waals surface area contributed by atoms with Gasteiger partial charge in [0.15, 0.2) is 0 Å². The SMILES string of the molecule is CCOC(=O)C1CCCN(C(=O)CN2C[C@H]3C(=O)N(c4cc(Cl)cc(Cl)c4)C(=O)N(C)C[C@@]3(c3ccc(C#N)cc3)C2)C1. The molecule has 3 aliphatic rings. The largest absolute Gasteiger partial charge is 0.466 e.